The highest BCUT2D eigenvalue weighted by Gasteiger charge is 2.57. The Morgan fingerprint density at radius 1 is 0.368 bits per heavy atom. The van der Waals surface area contributed by atoms with Crippen molar-refractivity contribution in [1.29, 1.82) is 0 Å². The molecule has 6 atom stereocenters. The predicted octanol–water partition coefficient (Wildman–Crippen LogP) is 20.0. The lowest BCUT2D eigenvalue weighted by Crippen LogP contribution is -2.51. The molecule has 8 bridgehead atoms. The first-order valence-electron chi connectivity index (χ1n) is 28.7. The van der Waals surface area contributed by atoms with Gasteiger partial charge in [-0.2, -0.15) is 0 Å². The normalized spacial score (nSPS) is 26.4. The average molecular weight is 1040 g/mol. The summed E-state index contributed by atoms with van der Waals surface area (Å²) < 4.78 is 0. The third kappa shape index (κ3) is 9.28. The van der Waals surface area contributed by atoms with Crippen molar-refractivity contribution in [2.24, 2.45) is 53.3 Å². The van der Waals surface area contributed by atoms with E-state index in [4.69, 9.17) is 0 Å². The first-order valence-corrected chi connectivity index (χ1v) is 32.1. The summed E-state index contributed by atoms with van der Waals surface area (Å²) in [5.41, 5.74) is 19.0. The van der Waals surface area contributed by atoms with E-state index in [1.165, 1.54) is 127 Å². The van der Waals surface area contributed by atoms with Crippen LogP contribution < -0.4 is 0 Å². The summed E-state index contributed by atoms with van der Waals surface area (Å²) in [7, 11) is 0. The minimum absolute atomic E-state index is 0.217. The molecule has 6 unspecified atom stereocenters. The van der Waals surface area contributed by atoms with Crippen molar-refractivity contribution in [2.75, 3.05) is 18.3 Å². The highest BCUT2D eigenvalue weighted by atomic mass is 32.2. The first-order chi connectivity index (χ1) is 37.5. The van der Waals surface area contributed by atoms with E-state index in [9.17, 15) is 0 Å². The van der Waals surface area contributed by atoms with Gasteiger partial charge in [-0.3, -0.25) is 0 Å². The van der Waals surface area contributed by atoms with Crippen molar-refractivity contribution in [2.45, 2.75) is 83.8 Å². The predicted molar refractivity (Wildman–Crippen MR) is 325 cm³/mol. The summed E-state index contributed by atoms with van der Waals surface area (Å²) in [6.45, 7) is 0. The molecule has 0 N–H and O–H groups in total. The van der Waals surface area contributed by atoms with Crippen molar-refractivity contribution in [1.82, 2.24) is 0 Å². The molecule has 380 valence electrons. The van der Waals surface area contributed by atoms with Crippen molar-refractivity contribution in [3.05, 3.63) is 245 Å². The Hall–Kier alpha value is -5.45. The Labute approximate surface area is 466 Å². The van der Waals surface area contributed by atoms with Gasteiger partial charge in [-0.05, 0) is 239 Å². The number of thioether (sulfide) groups is 3. The SMILES string of the molecule is CSc1ccc(-c2cc(-c3ccc(SC)cc3)cc(-c3ccc(SCC4C5CC6CC4CC(C5)C6=C4C5CC6CC(C5)C(c5cccc(C(c7ccccc7)C(c7ccccc7)c7ccccc7)c5)C4C6)cc3)c2)cc1. The van der Waals surface area contributed by atoms with Crippen LogP contribution in [0.3, 0.4) is 0 Å². The van der Waals surface area contributed by atoms with Crippen molar-refractivity contribution < 1.29 is 0 Å². The maximum Gasteiger partial charge on any atom is 0.0199 e. The van der Waals surface area contributed by atoms with E-state index in [1.54, 1.807) is 29.1 Å². The van der Waals surface area contributed by atoms with Gasteiger partial charge in [0.2, 0.25) is 0 Å². The molecule has 8 aromatic carbocycles. The number of allylic oxidation sites excluding steroid dienone is 2. The zero-order valence-electron chi connectivity index (χ0n) is 44.1. The Morgan fingerprint density at radius 3 is 1.29 bits per heavy atom. The highest BCUT2D eigenvalue weighted by Crippen LogP contribution is 2.68. The maximum atomic E-state index is 2.71. The molecule has 8 aliphatic carbocycles. The Kier molecular flexibility index (Phi) is 13.6. The van der Waals surface area contributed by atoms with E-state index >= 15 is 0 Å². The van der Waals surface area contributed by atoms with Crippen LogP contribution in [0, 0.1) is 53.3 Å². The lowest BCUT2D eigenvalue weighted by molar-refractivity contribution is 0.000813. The minimum Gasteiger partial charge on any atom is -0.130 e. The molecule has 0 heterocycles. The third-order valence-corrected chi connectivity index (χ3v) is 22.5. The van der Waals surface area contributed by atoms with Gasteiger partial charge in [-0.15, -0.1) is 35.3 Å². The van der Waals surface area contributed by atoms with Crippen LogP contribution in [0.4, 0.5) is 0 Å². The number of hydrogen-bond donors (Lipinski definition) is 0. The van der Waals surface area contributed by atoms with E-state index in [0.29, 0.717) is 5.92 Å². The molecular formula is C73H70S3. The van der Waals surface area contributed by atoms with E-state index in [-0.39, 0.29) is 11.8 Å². The highest BCUT2D eigenvalue weighted by molar-refractivity contribution is 7.99. The van der Waals surface area contributed by atoms with Crippen LogP contribution in [0.5, 0.6) is 0 Å². The molecule has 8 fully saturated rings. The van der Waals surface area contributed by atoms with Gasteiger partial charge in [0, 0.05) is 32.3 Å². The van der Waals surface area contributed by atoms with E-state index in [0.717, 1.165) is 53.3 Å². The topological polar surface area (TPSA) is 0 Å². The van der Waals surface area contributed by atoms with Crippen LogP contribution in [-0.2, 0) is 0 Å². The second kappa shape index (κ2) is 21.1. The molecule has 0 radical (unpaired) electrons. The molecule has 8 aliphatic rings. The van der Waals surface area contributed by atoms with Crippen LogP contribution in [0.2, 0.25) is 0 Å². The molecule has 76 heavy (non-hydrogen) atoms. The van der Waals surface area contributed by atoms with Crippen molar-refractivity contribution in [3.8, 4) is 33.4 Å². The van der Waals surface area contributed by atoms with Crippen LogP contribution in [0.15, 0.2) is 232 Å². The Morgan fingerprint density at radius 2 is 0.803 bits per heavy atom. The quantitative estimate of drug-likeness (QED) is 0.0787. The lowest BCUT2D eigenvalue weighted by Gasteiger charge is -2.61. The maximum absolute atomic E-state index is 2.71. The number of benzene rings is 8. The van der Waals surface area contributed by atoms with E-state index in [2.05, 4.69) is 231 Å². The van der Waals surface area contributed by atoms with Crippen LogP contribution in [0.1, 0.15) is 96.9 Å². The fourth-order valence-corrected chi connectivity index (χ4v) is 19.0. The molecule has 0 saturated heterocycles. The summed E-state index contributed by atoms with van der Waals surface area (Å²) in [4.78, 5) is 4.02. The third-order valence-electron chi connectivity index (χ3n) is 19.9. The standard InChI is InChI=1S/C73H70S3/c1-74-64-27-21-47(22-28-64)55-37-56(48-23-29-65(75-2)30-24-48)39-57(38-55)49-25-31-66(32-26-49)76-45-68-58-40-62-42-59(68)43-63(41-58)72(62)73-61-34-46-33-60(44-61)69(67(73)35-46)53-19-12-20-54(36-53)71(52-17-10-5-11-18-52)70(50-13-6-3-7-14-50)51-15-8-4-9-16-51/h3-32,36-39,46,58-63,67-71H,33-35,40-45H2,1-2H3. The van der Waals surface area contributed by atoms with Gasteiger partial charge in [-0.25, -0.2) is 0 Å². The van der Waals surface area contributed by atoms with Gasteiger partial charge >= 0.3 is 0 Å². The molecular weight excluding hydrogens is 973 g/mol. The van der Waals surface area contributed by atoms with Crippen molar-refractivity contribution >= 4 is 35.3 Å². The van der Waals surface area contributed by atoms with Crippen molar-refractivity contribution in [3.63, 3.8) is 0 Å². The molecule has 8 saturated carbocycles. The number of rotatable bonds is 14. The zero-order valence-corrected chi connectivity index (χ0v) is 46.6. The van der Waals surface area contributed by atoms with Gasteiger partial charge in [0.05, 0.1) is 0 Å². The summed E-state index contributed by atoms with van der Waals surface area (Å²) in [6.07, 6.45) is 15.8. The van der Waals surface area contributed by atoms with Crippen LogP contribution >= 0.6 is 35.3 Å². The lowest BCUT2D eigenvalue weighted by atomic mass is 9.44. The Balaban J connectivity index is 0.704. The summed E-state index contributed by atoms with van der Waals surface area (Å²) in [6, 6.07) is 79.1. The van der Waals surface area contributed by atoms with Crippen LogP contribution in [0.25, 0.3) is 33.4 Å². The van der Waals surface area contributed by atoms with Crippen LogP contribution in [-0.4, -0.2) is 18.3 Å². The van der Waals surface area contributed by atoms with Gasteiger partial charge in [0.15, 0.2) is 0 Å². The molecule has 0 amide bonds. The zero-order chi connectivity index (χ0) is 50.7. The minimum atomic E-state index is 0.217. The number of hydrogen-bond acceptors (Lipinski definition) is 3. The van der Waals surface area contributed by atoms with Gasteiger partial charge in [0.1, 0.15) is 0 Å². The second-order valence-electron chi connectivity index (χ2n) is 23.8. The monoisotopic (exact) mass is 1040 g/mol. The summed E-state index contributed by atoms with van der Waals surface area (Å²) >= 11 is 5.74. The van der Waals surface area contributed by atoms with Gasteiger partial charge in [-0.1, -0.05) is 163 Å². The fraction of sp³-hybridized carbons (Fsp3) is 0.315. The fourth-order valence-electron chi connectivity index (χ4n) is 16.9. The summed E-state index contributed by atoms with van der Waals surface area (Å²) in [5, 5.41) is 0. The largest absolute Gasteiger partial charge is 0.130 e. The Bertz CT molecular complexity index is 3200. The first kappa shape index (κ1) is 48.9. The second-order valence-corrected chi connectivity index (χ2v) is 26.6. The molecule has 3 heteroatoms. The molecule has 0 aliphatic heterocycles. The molecule has 8 aromatic rings. The van der Waals surface area contributed by atoms with Gasteiger partial charge < -0.3 is 0 Å². The summed E-state index contributed by atoms with van der Waals surface area (Å²) in [5.74, 6) is 9.94. The van der Waals surface area contributed by atoms with E-state index in [1.807, 2.05) is 11.1 Å². The molecule has 16 rings (SSSR count). The smallest absolute Gasteiger partial charge is 0.0199 e. The molecule has 0 nitrogen and oxygen atoms in total. The van der Waals surface area contributed by atoms with E-state index < -0.39 is 0 Å². The average Bonchev–Trinajstić information content (AvgIpc) is 3.48. The molecule has 0 spiro atoms. The van der Waals surface area contributed by atoms with Gasteiger partial charge in [0.25, 0.3) is 0 Å². The molecule has 0 aromatic heterocycles.